The molecule has 94 valence electrons. The highest BCUT2D eigenvalue weighted by molar-refractivity contribution is 5.43. The average Bonchev–Trinajstić information content (AvgIpc) is 2.38. The molecule has 4 nitrogen and oxygen atoms in total. The van der Waals surface area contributed by atoms with E-state index in [2.05, 4.69) is 16.8 Å². The largest absolute Gasteiger partial charge is 0.495 e. The molecule has 2 unspecified atom stereocenters. The Morgan fingerprint density at radius 2 is 2.29 bits per heavy atom. The minimum atomic E-state index is 0.416. The number of pyridine rings is 1. The van der Waals surface area contributed by atoms with Crippen LogP contribution in [0.3, 0.4) is 0 Å². The van der Waals surface area contributed by atoms with Crippen LogP contribution in [-0.4, -0.2) is 30.7 Å². The van der Waals surface area contributed by atoms with Gasteiger partial charge in [-0.05, 0) is 38.3 Å². The van der Waals surface area contributed by atoms with Crippen molar-refractivity contribution < 1.29 is 4.74 Å². The highest BCUT2D eigenvalue weighted by Crippen LogP contribution is 2.28. The Hall–Kier alpha value is -1.29. The molecule has 0 radical (unpaired) electrons. The maximum absolute atomic E-state index is 5.86. The molecule has 4 heteroatoms. The summed E-state index contributed by atoms with van der Waals surface area (Å²) in [5, 5.41) is 0. The fourth-order valence-electron chi connectivity index (χ4n) is 2.58. The van der Waals surface area contributed by atoms with Crippen molar-refractivity contribution in [2.45, 2.75) is 38.3 Å². The maximum atomic E-state index is 5.86. The van der Waals surface area contributed by atoms with Crippen LogP contribution in [0.2, 0.25) is 0 Å². The number of aromatic nitrogens is 1. The molecule has 0 amide bonds. The van der Waals surface area contributed by atoms with Gasteiger partial charge in [0.1, 0.15) is 11.6 Å². The molecular formula is C13H21N3O. The molecule has 0 spiro atoms. The van der Waals surface area contributed by atoms with Crippen molar-refractivity contribution in [1.29, 1.82) is 0 Å². The van der Waals surface area contributed by atoms with Gasteiger partial charge in [0, 0.05) is 18.6 Å². The summed E-state index contributed by atoms with van der Waals surface area (Å²) < 4.78 is 5.13. The Bertz CT molecular complexity index is 352. The molecule has 1 aliphatic heterocycles. The van der Waals surface area contributed by atoms with Crippen LogP contribution >= 0.6 is 0 Å². The van der Waals surface area contributed by atoms with Gasteiger partial charge in [-0.1, -0.05) is 0 Å². The van der Waals surface area contributed by atoms with Gasteiger partial charge >= 0.3 is 0 Å². The summed E-state index contributed by atoms with van der Waals surface area (Å²) in [4.78, 5) is 6.82. The van der Waals surface area contributed by atoms with Crippen LogP contribution in [0.25, 0.3) is 0 Å². The van der Waals surface area contributed by atoms with Gasteiger partial charge in [0.05, 0.1) is 13.3 Å². The van der Waals surface area contributed by atoms with Crippen molar-refractivity contribution in [3.05, 3.63) is 18.3 Å². The number of hydrogen-bond acceptors (Lipinski definition) is 4. The third kappa shape index (κ3) is 2.52. The summed E-state index contributed by atoms with van der Waals surface area (Å²) in [5.41, 5.74) is 5.86. The van der Waals surface area contributed by atoms with E-state index in [1.807, 2.05) is 12.1 Å². The third-order valence-electron chi connectivity index (χ3n) is 3.52. The van der Waals surface area contributed by atoms with Crippen molar-refractivity contribution in [3.8, 4) is 5.75 Å². The summed E-state index contributed by atoms with van der Waals surface area (Å²) in [6, 6.07) is 4.90. The van der Waals surface area contributed by atoms with Gasteiger partial charge in [0.25, 0.3) is 0 Å². The Labute approximate surface area is 103 Å². The van der Waals surface area contributed by atoms with E-state index < -0.39 is 0 Å². The van der Waals surface area contributed by atoms with E-state index in [4.69, 9.17) is 10.5 Å². The molecule has 0 aliphatic carbocycles. The minimum Gasteiger partial charge on any atom is -0.495 e. The monoisotopic (exact) mass is 235 g/mol. The van der Waals surface area contributed by atoms with Gasteiger partial charge in [-0.3, -0.25) is 0 Å². The zero-order chi connectivity index (χ0) is 12.3. The minimum absolute atomic E-state index is 0.416. The van der Waals surface area contributed by atoms with Crippen LogP contribution in [-0.2, 0) is 0 Å². The zero-order valence-electron chi connectivity index (χ0n) is 10.6. The van der Waals surface area contributed by atoms with Gasteiger partial charge in [-0.2, -0.15) is 0 Å². The third-order valence-corrected chi connectivity index (χ3v) is 3.52. The van der Waals surface area contributed by atoms with E-state index in [0.717, 1.165) is 18.0 Å². The molecule has 2 rings (SSSR count). The molecule has 1 saturated heterocycles. The number of anilines is 1. The standard InChI is InChI=1S/C13H21N3O/c1-10-4-3-5-11(8-14)16(10)13-7-6-12(17-2)9-15-13/h6-7,9-11H,3-5,8,14H2,1-2H3. The van der Waals surface area contributed by atoms with Crippen LogP contribution in [0.4, 0.5) is 5.82 Å². The SMILES string of the molecule is COc1ccc(N2C(C)CCCC2CN)nc1. The number of hydrogen-bond donors (Lipinski definition) is 1. The van der Waals surface area contributed by atoms with Crippen molar-refractivity contribution in [2.75, 3.05) is 18.6 Å². The molecule has 17 heavy (non-hydrogen) atoms. The number of piperidine rings is 1. The van der Waals surface area contributed by atoms with E-state index in [1.165, 1.54) is 12.8 Å². The summed E-state index contributed by atoms with van der Waals surface area (Å²) in [5.74, 6) is 1.80. The summed E-state index contributed by atoms with van der Waals surface area (Å²) >= 11 is 0. The molecule has 0 aromatic carbocycles. The van der Waals surface area contributed by atoms with Gasteiger partial charge in [0.15, 0.2) is 0 Å². The molecule has 1 fully saturated rings. The zero-order valence-corrected chi connectivity index (χ0v) is 10.6. The predicted octanol–water partition coefficient (Wildman–Crippen LogP) is 1.80. The normalized spacial score (nSPS) is 24.8. The van der Waals surface area contributed by atoms with Gasteiger partial charge < -0.3 is 15.4 Å². The molecule has 0 bridgehead atoms. The second kappa shape index (κ2) is 5.36. The number of nitrogens with zero attached hydrogens (tertiary/aromatic N) is 2. The molecule has 1 aromatic rings. The smallest absolute Gasteiger partial charge is 0.137 e. The lowest BCUT2D eigenvalue weighted by Crippen LogP contribution is -2.49. The molecular weight excluding hydrogens is 214 g/mol. The Morgan fingerprint density at radius 3 is 2.88 bits per heavy atom. The number of ether oxygens (including phenoxy) is 1. The molecule has 2 heterocycles. The quantitative estimate of drug-likeness (QED) is 0.868. The highest BCUT2D eigenvalue weighted by atomic mass is 16.5. The maximum Gasteiger partial charge on any atom is 0.137 e. The fourth-order valence-corrected chi connectivity index (χ4v) is 2.58. The van der Waals surface area contributed by atoms with Crippen LogP contribution in [0.1, 0.15) is 26.2 Å². The number of methoxy groups -OCH3 is 1. The van der Waals surface area contributed by atoms with Crippen molar-refractivity contribution in [2.24, 2.45) is 5.73 Å². The Morgan fingerprint density at radius 1 is 1.47 bits per heavy atom. The number of rotatable bonds is 3. The van der Waals surface area contributed by atoms with Crippen LogP contribution in [0, 0.1) is 0 Å². The van der Waals surface area contributed by atoms with Gasteiger partial charge in [-0.25, -0.2) is 4.98 Å². The topological polar surface area (TPSA) is 51.4 Å². The lowest BCUT2D eigenvalue weighted by molar-refractivity contribution is 0.395. The first-order chi connectivity index (χ1) is 8.26. The molecule has 1 aromatic heterocycles. The van der Waals surface area contributed by atoms with E-state index in [-0.39, 0.29) is 0 Å². The van der Waals surface area contributed by atoms with E-state index in [0.29, 0.717) is 18.6 Å². The molecule has 2 atom stereocenters. The van der Waals surface area contributed by atoms with E-state index >= 15 is 0 Å². The first-order valence-electron chi connectivity index (χ1n) is 6.24. The van der Waals surface area contributed by atoms with Gasteiger partial charge in [-0.15, -0.1) is 0 Å². The summed E-state index contributed by atoms with van der Waals surface area (Å²) in [7, 11) is 1.66. The Balaban J connectivity index is 2.21. The Kier molecular flexibility index (Phi) is 3.84. The first kappa shape index (κ1) is 12.2. The lowest BCUT2D eigenvalue weighted by atomic mass is 9.96. The molecule has 0 saturated carbocycles. The highest BCUT2D eigenvalue weighted by Gasteiger charge is 2.27. The number of nitrogens with two attached hydrogens (primary N) is 1. The van der Waals surface area contributed by atoms with Crippen LogP contribution in [0.5, 0.6) is 5.75 Å². The van der Waals surface area contributed by atoms with Crippen LogP contribution < -0.4 is 15.4 Å². The first-order valence-corrected chi connectivity index (χ1v) is 6.24. The van der Waals surface area contributed by atoms with Crippen molar-refractivity contribution in [1.82, 2.24) is 4.98 Å². The second-order valence-electron chi connectivity index (χ2n) is 4.63. The second-order valence-corrected chi connectivity index (χ2v) is 4.63. The summed E-state index contributed by atoms with van der Waals surface area (Å²) in [6.45, 7) is 2.94. The predicted molar refractivity (Wildman–Crippen MR) is 69.4 cm³/mol. The van der Waals surface area contributed by atoms with Crippen molar-refractivity contribution in [3.63, 3.8) is 0 Å². The van der Waals surface area contributed by atoms with E-state index in [9.17, 15) is 0 Å². The van der Waals surface area contributed by atoms with Crippen molar-refractivity contribution >= 4 is 5.82 Å². The van der Waals surface area contributed by atoms with Crippen LogP contribution in [0.15, 0.2) is 18.3 Å². The average molecular weight is 235 g/mol. The summed E-state index contributed by atoms with van der Waals surface area (Å²) in [6.07, 6.45) is 5.40. The van der Waals surface area contributed by atoms with E-state index in [1.54, 1.807) is 13.3 Å². The van der Waals surface area contributed by atoms with Gasteiger partial charge in [0.2, 0.25) is 0 Å². The lowest BCUT2D eigenvalue weighted by Gasteiger charge is -2.41. The molecule has 1 aliphatic rings. The fraction of sp³-hybridized carbons (Fsp3) is 0.615. The molecule has 2 N–H and O–H groups in total.